The molecule has 3 rings (SSSR count). The number of amides is 3. The number of benzene rings is 1. The van der Waals surface area contributed by atoms with Gasteiger partial charge in [0.05, 0.1) is 26.3 Å². The van der Waals surface area contributed by atoms with E-state index in [2.05, 4.69) is 10.3 Å². The Kier molecular flexibility index (Phi) is 6.88. The normalized spacial score (nSPS) is 13.7. The van der Waals surface area contributed by atoms with Crippen molar-refractivity contribution in [3.63, 3.8) is 0 Å². The number of hydrogen-bond donors (Lipinski definition) is 1. The second kappa shape index (κ2) is 9.57. The lowest BCUT2D eigenvalue weighted by molar-refractivity contribution is -0.138. The van der Waals surface area contributed by atoms with Gasteiger partial charge in [-0.1, -0.05) is 0 Å². The largest absolute Gasteiger partial charge is 0.497 e. The Bertz CT molecular complexity index is 915. The first-order chi connectivity index (χ1) is 14.4. The standard InChI is InChI=1S/C20H24N4O5S/c1-13(25)23-4-6-24(7-5-23)18(26)10-15-12-30-20(21-15)22-19(27)14-8-16(28-2)11-17(9-14)29-3/h8-9,11-12H,4-7,10H2,1-3H3,(H,21,22,27). The molecule has 0 radical (unpaired) electrons. The van der Waals surface area contributed by atoms with E-state index >= 15 is 0 Å². The maximum Gasteiger partial charge on any atom is 0.257 e. The van der Waals surface area contributed by atoms with Crippen LogP contribution in [0.5, 0.6) is 11.5 Å². The van der Waals surface area contributed by atoms with Crippen LogP contribution in [0.1, 0.15) is 23.0 Å². The second-order valence-electron chi connectivity index (χ2n) is 6.76. The summed E-state index contributed by atoms with van der Waals surface area (Å²) < 4.78 is 10.4. The second-order valence-corrected chi connectivity index (χ2v) is 7.62. The number of nitrogens with one attached hydrogen (secondary N) is 1. The lowest BCUT2D eigenvalue weighted by Gasteiger charge is -2.34. The first kappa shape index (κ1) is 21.6. The van der Waals surface area contributed by atoms with E-state index in [-0.39, 0.29) is 24.1 Å². The van der Waals surface area contributed by atoms with Crippen LogP contribution in [0.15, 0.2) is 23.6 Å². The van der Waals surface area contributed by atoms with E-state index in [9.17, 15) is 14.4 Å². The molecule has 1 aromatic heterocycles. The summed E-state index contributed by atoms with van der Waals surface area (Å²) in [5, 5.41) is 4.90. The van der Waals surface area contributed by atoms with Gasteiger partial charge >= 0.3 is 0 Å². The first-order valence-electron chi connectivity index (χ1n) is 9.41. The van der Waals surface area contributed by atoms with Crippen LogP contribution in [0.25, 0.3) is 0 Å². The van der Waals surface area contributed by atoms with Gasteiger partial charge < -0.3 is 19.3 Å². The molecule has 30 heavy (non-hydrogen) atoms. The van der Waals surface area contributed by atoms with Crippen LogP contribution >= 0.6 is 11.3 Å². The van der Waals surface area contributed by atoms with Gasteiger partial charge in [-0.05, 0) is 12.1 Å². The molecule has 1 fully saturated rings. The number of carbonyl (C=O) groups is 3. The predicted octanol–water partition coefficient (Wildman–Crippen LogP) is 1.65. The zero-order chi connectivity index (χ0) is 21.7. The Hall–Kier alpha value is -3.14. The SMILES string of the molecule is COc1cc(OC)cc(C(=O)Nc2nc(CC(=O)N3CCN(C(C)=O)CC3)cs2)c1. The molecule has 1 aliphatic rings. The average molecular weight is 433 g/mol. The van der Waals surface area contributed by atoms with Gasteiger partial charge in [-0.3, -0.25) is 19.7 Å². The van der Waals surface area contributed by atoms with Gasteiger partial charge in [0.2, 0.25) is 11.8 Å². The fourth-order valence-corrected chi connectivity index (χ4v) is 3.80. The van der Waals surface area contributed by atoms with Crippen LogP contribution in [0.2, 0.25) is 0 Å². The van der Waals surface area contributed by atoms with E-state index in [1.54, 1.807) is 33.4 Å². The van der Waals surface area contributed by atoms with Gasteiger partial charge in [0.15, 0.2) is 5.13 Å². The summed E-state index contributed by atoms with van der Waals surface area (Å²) >= 11 is 1.26. The summed E-state index contributed by atoms with van der Waals surface area (Å²) in [4.78, 5) is 44.3. The van der Waals surface area contributed by atoms with Gasteiger partial charge in [0.25, 0.3) is 5.91 Å². The fraction of sp³-hybridized carbons (Fsp3) is 0.400. The molecule has 0 bridgehead atoms. The summed E-state index contributed by atoms with van der Waals surface area (Å²) in [5.74, 6) is 0.652. The minimum Gasteiger partial charge on any atom is -0.497 e. The smallest absolute Gasteiger partial charge is 0.257 e. The summed E-state index contributed by atoms with van der Waals surface area (Å²) in [6, 6.07) is 4.90. The van der Waals surface area contributed by atoms with Crippen LogP contribution in [0.3, 0.4) is 0 Å². The third-order valence-corrected chi connectivity index (χ3v) is 5.60. The van der Waals surface area contributed by atoms with E-state index < -0.39 is 0 Å². The van der Waals surface area contributed by atoms with Gasteiger partial charge in [0.1, 0.15) is 11.5 Å². The summed E-state index contributed by atoms with van der Waals surface area (Å²) in [6.07, 6.45) is 0.152. The molecule has 2 aromatic rings. The quantitative estimate of drug-likeness (QED) is 0.745. The van der Waals surface area contributed by atoms with Crippen molar-refractivity contribution in [2.45, 2.75) is 13.3 Å². The number of aromatic nitrogens is 1. The lowest BCUT2D eigenvalue weighted by atomic mass is 10.2. The number of carbonyl (C=O) groups excluding carboxylic acids is 3. The van der Waals surface area contributed by atoms with Crippen LogP contribution in [-0.2, 0) is 16.0 Å². The Labute approximate surface area is 178 Å². The van der Waals surface area contributed by atoms with Gasteiger partial charge in [0, 0.05) is 50.1 Å². The Morgan fingerprint density at radius 2 is 1.63 bits per heavy atom. The number of rotatable bonds is 6. The summed E-state index contributed by atoms with van der Waals surface area (Å²) in [6.45, 7) is 3.66. The van der Waals surface area contributed by atoms with Crippen molar-refractivity contribution in [3.05, 3.63) is 34.8 Å². The maximum atomic E-state index is 12.6. The molecule has 9 nitrogen and oxygen atoms in total. The number of hydrogen-bond acceptors (Lipinski definition) is 7. The number of piperazine rings is 1. The van der Waals surface area contributed by atoms with Crippen LogP contribution < -0.4 is 14.8 Å². The number of nitrogens with zero attached hydrogens (tertiary/aromatic N) is 3. The molecular weight excluding hydrogens is 408 g/mol. The molecule has 0 unspecified atom stereocenters. The zero-order valence-corrected chi connectivity index (χ0v) is 18.0. The van der Waals surface area contributed by atoms with Crippen LogP contribution in [0, 0.1) is 0 Å². The molecule has 0 atom stereocenters. The summed E-state index contributed by atoms with van der Waals surface area (Å²) in [5.41, 5.74) is 0.972. The number of thiazole rings is 1. The van der Waals surface area contributed by atoms with Crippen LogP contribution in [-0.4, -0.2) is 72.9 Å². The fourth-order valence-electron chi connectivity index (χ4n) is 3.09. The highest BCUT2D eigenvalue weighted by Gasteiger charge is 2.23. The Balaban J connectivity index is 1.58. The van der Waals surface area contributed by atoms with Crippen molar-refractivity contribution < 1.29 is 23.9 Å². The van der Waals surface area contributed by atoms with Crippen molar-refractivity contribution in [1.82, 2.24) is 14.8 Å². The minimum atomic E-state index is -0.347. The number of methoxy groups -OCH3 is 2. The van der Waals surface area contributed by atoms with E-state index in [1.165, 1.54) is 32.5 Å². The topological polar surface area (TPSA) is 101 Å². The van der Waals surface area contributed by atoms with Crippen molar-refractivity contribution in [1.29, 1.82) is 0 Å². The highest BCUT2D eigenvalue weighted by Crippen LogP contribution is 2.24. The molecule has 1 N–H and O–H groups in total. The zero-order valence-electron chi connectivity index (χ0n) is 17.1. The lowest BCUT2D eigenvalue weighted by Crippen LogP contribution is -2.50. The molecule has 2 heterocycles. The first-order valence-corrected chi connectivity index (χ1v) is 10.3. The number of anilines is 1. The van der Waals surface area contributed by atoms with Crippen LogP contribution in [0.4, 0.5) is 5.13 Å². The molecule has 0 saturated carbocycles. The van der Waals surface area contributed by atoms with E-state index in [1.807, 2.05) is 0 Å². The van der Waals surface area contributed by atoms with Crippen molar-refractivity contribution >= 4 is 34.2 Å². The maximum absolute atomic E-state index is 12.6. The monoisotopic (exact) mass is 432 g/mol. The number of ether oxygens (including phenoxy) is 2. The van der Waals surface area contributed by atoms with Gasteiger partial charge in [-0.2, -0.15) is 0 Å². The molecular formula is C20H24N4O5S. The van der Waals surface area contributed by atoms with Crippen molar-refractivity contribution in [3.8, 4) is 11.5 Å². The average Bonchev–Trinajstić information content (AvgIpc) is 3.19. The highest BCUT2D eigenvalue weighted by atomic mass is 32.1. The summed E-state index contributed by atoms with van der Waals surface area (Å²) in [7, 11) is 3.03. The molecule has 1 saturated heterocycles. The molecule has 0 aliphatic carbocycles. The van der Waals surface area contributed by atoms with Gasteiger partial charge in [-0.25, -0.2) is 4.98 Å². The van der Waals surface area contributed by atoms with E-state index in [0.717, 1.165) is 0 Å². The Morgan fingerprint density at radius 3 is 2.20 bits per heavy atom. The third-order valence-electron chi connectivity index (χ3n) is 4.80. The molecule has 1 aromatic carbocycles. The highest BCUT2D eigenvalue weighted by molar-refractivity contribution is 7.14. The van der Waals surface area contributed by atoms with Gasteiger partial charge in [-0.15, -0.1) is 11.3 Å². The molecule has 1 aliphatic heterocycles. The van der Waals surface area contributed by atoms with E-state index in [4.69, 9.17) is 9.47 Å². The minimum absolute atomic E-state index is 0.0237. The predicted molar refractivity (Wildman–Crippen MR) is 112 cm³/mol. The molecule has 10 heteroatoms. The molecule has 3 amide bonds. The molecule has 160 valence electrons. The van der Waals surface area contributed by atoms with Crippen molar-refractivity contribution in [2.24, 2.45) is 0 Å². The molecule has 0 spiro atoms. The Morgan fingerprint density at radius 1 is 1.03 bits per heavy atom. The van der Waals surface area contributed by atoms with Crippen molar-refractivity contribution in [2.75, 3.05) is 45.7 Å². The third kappa shape index (κ3) is 5.26. The van der Waals surface area contributed by atoms with E-state index in [0.29, 0.717) is 54.1 Å².